The van der Waals surface area contributed by atoms with E-state index in [0.717, 1.165) is 18.5 Å². The molecular formula is C16H11FI2N4O. The molecule has 1 heterocycles. The molecule has 0 radical (unpaired) electrons. The lowest BCUT2D eigenvalue weighted by Crippen LogP contribution is -2.02. The van der Waals surface area contributed by atoms with Gasteiger partial charge in [-0.15, -0.1) is 10.2 Å². The van der Waals surface area contributed by atoms with Crippen LogP contribution in [0.1, 0.15) is 11.1 Å². The lowest BCUT2D eigenvalue weighted by atomic mass is 10.2. The highest BCUT2D eigenvalue weighted by Gasteiger charge is 2.10. The van der Waals surface area contributed by atoms with Crippen LogP contribution in [-0.4, -0.2) is 21.1 Å². The largest absolute Gasteiger partial charge is 0.487 e. The summed E-state index contributed by atoms with van der Waals surface area (Å²) >= 11 is 4.40. The minimum absolute atomic E-state index is 0.187. The van der Waals surface area contributed by atoms with Crippen LogP contribution in [0.25, 0.3) is 0 Å². The van der Waals surface area contributed by atoms with Gasteiger partial charge < -0.3 is 4.74 Å². The van der Waals surface area contributed by atoms with E-state index in [4.69, 9.17) is 4.74 Å². The molecule has 0 aliphatic carbocycles. The minimum Gasteiger partial charge on any atom is -0.487 e. The standard InChI is InChI=1S/C16H11FI2N4O/c17-13-4-2-1-3-12(13)8-24-16-14(18)5-11(6-15(16)19)7-22-23-9-20-21-10-23/h1-7,9-10H,8H2. The molecule has 0 aliphatic rings. The maximum atomic E-state index is 13.7. The van der Waals surface area contributed by atoms with Gasteiger partial charge in [0.2, 0.25) is 0 Å². The highest BCUT2D eigenvalue weighted by atomic mass is 127. The van der Waals surface area contributed by atoms with E-state index < -0.39 is 0 Å². The number of ether oxygens (including phenoxy) is 1. The predicted molar refractivity (Wildman–Crippen MR) is 106 cm³/mol. The molecule has 0 N–H and O–H groups in total. The lowest BCUT2D eigenvalue weighted by Gasteiger charge is -2.12. The van der Waals surface area contributed by atoms with Crippen LogP contribution in [0.4, 0.5) is 4.39 Å². The molecule has 0 bridgehead atoms. The molecule has 3 rings (SSSR count). The van der Waals surface area contributed by atoms with Gasteiger partial charge in [-0.05, 0) is 68.9 Å². The highest BCUT2D eigenvalue weighted by molar-refractivity contribution is 14.1. The fourth-order valence-electron chi connectivity index (χ4n) is 1.95. The Hall–Kier alpha value is -1.56. The molecule has 0 amide bonds. The van der Waals surface area contributed by atoms with Gasteiger partial charge in [0.15, 0.2) is 0 Å². The maximum Gasteiger partial charge on any atom is 0.146 e. The first-order valence-electron chi connectivity index (χ1n) is 6.88. The topological polar surface area (TPSA) is 52.3 Å². The number of hydrogen-bond donors (Lipinski definition) is 0. The monoisotopic (exact) mass is 548 g/mol. The van der Waals surface area contributed by atoms with Crippen molar-refractivity contribution in [1.82, 2.24) is 14.9 Å². The second kappa shape index (κ2) is 8.01. The molecule has 0 atom stereocenters. The Morgan fingerprint density at radius 3 is 2.46 bits per heavy atom. The number of halogens is 3. The molecule has 122 valence electrons. The van der Waals surface area contributed by atoms with Crippen LogP contribution >= 0.6 is 45.2 Å². The third kappa shape index (κ3) is 4.29. The summed E-state index contributed by atoms with van der Waals surface area (Å²) in [5, 5.41) is 11.6. The Bertz CT molecular complexity index is 845. The van der Waals surface area contributed by atoms with Gasteiger partial charge in [0, 0.05) is 5.56 Å². The quantitative estimate of drug-likeness (QED) is 0.357. The van der Waals surface area contributed by atoms with Crippen LogP contribution in [0.2, 0.25) is 0 Å². The number of nitrogens with zero attached hydrogens (tertiary/aromatic N) is 4. The Morgan fingerprint density at radius 2 is 1.79 bits per heavy atom. The van der Waals surface area contributed by atoms with Gasteiger partial charge in [0.1, 0.15) is 30.8 Å². The number of rotatable bonds is 5. The van der Waals surface area contributed by atoms with Crippen LogP contribution in [0.5, 0.6) is 5.75 Å². The average Bonchev–Trinajstić information content (AvgIpc) is 3.07. The fourth-order valence-corrected chi connectivity index (χ4v) is 4.07. The summed E-state index contributed by atoms with van der Waals surface area (Å²) in [6.45, 7) is 0.187. The smallest absolute Gasteiger partial charge is 0.146 e. The normalized spacial score (nSPS) is 11.1. The van der Waals surface area contributed by atoms with Crippen molar-refractivity contribution in [1.29, 1.82) is 0 Å². The SMILES string of the molecule is Fc1ccccc1COc1c(I)cc(C=Nn2cnnc2)cc1I. The van der Waals surface area contributed by atoms with E-state index >= 15 is 0 Å². The van der Waals surface area contributed by atoms with Crippen molar-refractivity contribution in [3.05, 3.63) is 73.1 Å². The zero-order valence-corrected chi connectivity index (χ0v) is 16.5. The third-order valence-electron chi connectivity index (χ3n) is 3.10. The molecule has 0 saturated carbocycles. The van der Waals surface area contributed by atoms with Gasteiger partial charge in [-0.3, -0.25) is 0 Å². The molecule has 8 heteroatoms. The van der Waals surface area contributed by atoms with Gasteiger partial charge >= 0.3 is 0 Å². The highest BCUT2D eigenvalue weighted by Crippen LogP contribution is 2.29. The van der Waals surface area contributed by atoms with E-state index in [1.807, 2.05) is 12.1 Å². The van der Waals surface area contributed by atoms with Crippen molar-refractivity contribution in [2.24, 2.45) is 5.10 Å². The van der Waals surface area contributed by atoms with E-state index in [1.165, 1.54) is 23.4 Å². The number of aromatic nitrogens is 3. The molecule has 1 aromatic heterocycles. The van der Waals surface area contributed by atoms with Crippen LogP contribution in [-0.2, 0) is 6.61 Å². The first-order chi connectivity index (χ1) is 11.6. The number of hydrogen-bond acceptors (Lipinski definition) is 4. The van der Waals surface area contributed by atoms with Gasteiger partial charge in [-0.25, -0.2) is 9.07 Å². The Kier molecular flexibility index (Phi) is 5.76. The van der Waals surface area contributed by atoms with Gasteiger partial charge in [-0.1, -0.05) is 18.2 Å². The van der Waals surface area contributed by atoms with Crippen molar-refractivity contribution < 1.29 is 9.13 Å². The zero-order chi connectivity index (χ0) is 16.9. The summed E-state index contributed by atoms with van der Waals surface area (Å²) in [6.07, 6.45) is 4.74. The van der Waals surface area contributed by atoms with Crippen LogP contribution in [0, 0.1) is 13.0 Å². The molecule has 2 aromatic carbocycles. The summed E-state index contributed by atoms with van der Waals surface area (Å²) in [4.78, 5) is 0. The van der Waals surface area contributed by atoms with E-state index in [9.17, 15) is 4.39 Å². The molecular weight excluding hydrogens is 537 g/mol. The average molecular weight is 548 g/mol. The summed E-state index contributed by atoms with van der Waals surface area (Å²) in [5.74, 6) is 0.473. The Balaban J connectivity index is 1.76. The van der Waals surface area contributed by atoms with Gasteiger partial charge in [0.05, 0.1) is 13.4 Å². The molecule has 24 heavy (non-hydrogen) atoms. The molecule has 0 unspecified atom stereocenters. The fraction of sp³-hybridized carbons (Fsp3) is 0.0625. The van der Waals surface area contributed by atoms with Crippen molar-refractivity contribution in [3.8, 4) is 5.75 Å². The summed E-state index contributed by atoms with van der Waals surface area (Å²) in [6, 6.07) is 10.5. The summed E-state index contributed by atoms with van der Waals surface area (Å²) < 4.78 is 22.9. The van der Waals surface area contributed by atoms with Crippen LogP contribution < -0.4 is 4.74 Å². The van der Waals surface area contributed by atoms with Gasteiger partial charge in [0.25, 0.3) is 0 Å². The van der Waals surface area contributed by atoms with Crippen molar-refractivity contribution in [2.45, 2.75) is 6.61 Å². The summed E-state index contributed by atoms with van der Waals surface area (Å²) in [5.41, 5.74) is 1.46. The van der Waals surface area contributed by atoms with E-state index in [0.29, 0.717) is 5.56 Å². The predicted octanol–water partition coefficient (Wildman–Crippen LogP) is 4.09. The van der Waals surface area contributed by atoms with E-state index in [-0.39, 0.29) is 12.4 Å². The lowest BCUT2D eigenvalue weighted by molar-refractivity contribution is 0.295. The molecule has 0 fully saturated rings. The first-order valence-corrected chi connectivity index (χ1v) is 9.03. The van der Waals surface area contributed by atoms with Crippen LogP contribution in [0.15, 0.2) is 54.2 Å². The van der Waals surface area contributed by atoms with Gasteiger partial charge in [-0.2, -0.15) is 5.10 Å². The molecule has 0 spiro atoms. The Labute approximate surface area is 165 Å². The zero-order valence-electron chi connectivity index (χ0n) is 12.2. The summed E-state index contributed by atoms with van der Waals surface area (Å²) in [7, 11) is 0. The minimum atomic E-state index is -0.264. The maximum absolute atomic E-state index is 13.7. The second-order valence-corrected chi connectivity index (χ2v) is 7.10. The molecule has 0 aliphatic heterocycles. The van der Waals surface area contributed by atoms with E-state index in [1.54, 1.807) is 24.4 Å². The molecule has 3 aromatic rings. The molecule has 0 saturated heterocycles. The third-order valence-corrected chi connectivity index (χ3v) is 4.70. The van der Waals surface area contributed by atoms with Crippen molar-refractivity contribution >= 4 is 51.4 Å². The van der Waals surface area contributed by atoms with Crippen LogP contribution in [0.3, 0.4) is 0 Å². The van der Waals surface area contributed by atoms with Crippen molar-refractivity contribution in [3.63, 3.8) is 0 Å². The van der Waals surface area contributed by atoms with Crippen molar-refractivity contribution in [2.75, 3.05) is 0 Å². The van der Waals surface area contributed by atoms with E-state index in [2.05, 4.69) is 60.5 Å². The second-order valence-electron chi connectivity index (χ2n) is 4.78. The molecule has 5 nitrogen and oxygen atoms in total. The Morgan fingerprint density at radius 1 is 1.12 bits per heavy atom. The first kappa shape index (κ1) is 17.3. The number of benzene rings is 2.